The minimum atomic E-state index is -1.18. The Bertz CT molecular complexity index is 916. The number of carbonyl (C=O) groups is 1. The van der Waals surface area contributed by atoms with Crippen LogP contribution in [-0.2, 0) is 16.9 Å². The number of aliphatic imine (C=N–C) groups is 1. The summed E-state index contributed by atoms with van der Waals surface area (Å²) in [6.07, 6.45) is 2.15. The van der Waals surface area contributed by atoms with E-state index in [0.29, 0.717) is 36.9 Å². The fraction of sp³-hybridized carbons (Fsp3) is 0.500. The molecule has 174 valence electrons. The lowest BCUT2D eigenvalue weighted by Gasteiger charge is -2.22. The van der Waals surface area contributed by atoms with Crippen LogP contribution in [0.4, 0.5) is 0 Å². The second-order valence-electron chi connectivity index (χ2n) is 8.28. The van der Waals surface area contributed by atoms with Crippen LogP contribution in [0, 0.1) is 6.92 Å². The van der Waals surface area contributed by atoms with Gasteiger partial charge in [-0.3, -0.25) is 4.79 Å². The number of benzene rings is 1. The molecular formula is C24H34N4O4. The fourth-order valence-corrected chi connectivity index (χ4v) is 3.50. The van der Waals surface area contributed by atoms with Crippen LogP contribution in [0.2, 0.25) is 0 Å². The molecule has 0 spiro atoms. The Kier molecular flexibility index (Phi) is 8.30. The number of aryl methyl sites for hydroxylation is 1. The molecule has 1 saturated heterocycles. The summed E-state index contributed by atoms with van der Waals surface area (Å²) in [5.74, 6) is 1.71. The molecular weight excluding hydrogens is 408 g/mol. The van der Waals surface area contributed by atoms with Gasteiger partial charge in [0.25, 0.3) is 5.91 Å². The Balaban J connectivity index is 1.58. The monoisotopic (exact) mass is 442 g/mol. The van der Waals surface area contributed by atoms with Crippen molar-refractivity contribution in [1.29, 1.82) is 0 Å². The van der Waals surface area contributed by atoms with Crippen LogP contribution in [0.3, 0.4) is 0 Å². The Morgan fingerprint density at radius 2 is 2.09 bits per heavy atom. The van der Waals surface area contributed by atoms with Crippen molar-refractivity contribution in [2.24, 2.45) is 4.99 Å². The van der Waals surface area contributed by atoms with E-state index in [0.717, 1.165) is 30.8 Å². The first-order chi connectivity index (χ1) is 15.4. The van der Waals surface area contributed by atoms with Gasteiger partial charge in [-0.15, -0.1) is 0 Å². The lowest BCUT2D eigenvalue weighted by atomic mass is 10.0. The van der Waals surface area contributed by atoms with Crippen LogP contribution in [0.5, 0.6) is 0 Å². The van der Waals surface area contributed by atoms with Gasteiger partial charge in [-0.05, 0) is 63.4 Å². The maximum absolute atomic E-state index is 12.5. The van der Waals surface area contributed by atoms with E-state index in [1.807, 2.05) is 38.1 Å². The van der Waals surface area contributed by atoms with Gasteiger partial charge in [0.05, 0.1) is 19.2 Å². The molecule has 0 aliphatic carbocycles. The molecule has 1 aliphatic heterocycles. The third-order valence-corrected chi connectivity index (χ3v) is 5.34. The van der Waals surface area contributed by atoms with Gasteiger partial charge in [0.1, 0.15) is 17.1 Å². The Morgan fingerprint density at radius 1 is 1.25 bits per heavy atom. The van der Waals surface area contributed by atoms with Gasteiger partial charge in [0.15, 0.2) is 5.96 Å². The SMILES string of the molecule is CCNC(=NCc1cccc(C(=O)NCC2CCCO2)c1)NCC(C)(O)c1ccc(C)o1. The zero-order valence-electron chi connectivity index (χ0n) is 19.1. The first-order valence-electron chi connectivity index (χ1n) is 11.2. The van der Waals surface area contributed by atoms with Gasteiger partial charge >= 0.3 is 0 Å². The zero-order valence-corrected chi connectivity index (χ0v) is 19.1. The largest absolute Gasteiger partial charge is 0.463 e. The molecule has 0 saturated carbocycles. The lowest BCUT2D eigenvalue weighted by Crippen LogP contribution is -2.44. The smallest absolute Gasteiger partial charge is 0.251 e. The number of aliphatic hydroxyl groups is 1. The zero-order chi connectivity index (χ0) is 23.0. The number of nitrogens with zero attached hydrogens (tertiary/aromatic N) is 1. The molecule has 1 amide bonds. The molecule has 1 aromatic heterocycles. The van der Waals surface area contributed by atoms with Gasteiger partial charge in [-0.25, -0.2) is 4.99 Å². The molecule has 1 aromatic carbocycles. The van der Waals surface area contributed by atoms with Crippen molar-refractivity contribution in [3.8, 4) is 0 Å². The maximum atomic E-state index is 12.5. The van der Waals surface area contributed by atoms with Crippen molar-refractivity contribution < 1.29 is 19.1 Å². The summed E-state index contributed by atoms with van der Waals surface area (Å²) in [5, 5.41) is 20.0. The summed E-state index contributed by atoms with van der Waals surface area (Å²) >= 11 is 0. The van der Waals surface area contributed by atoms with E-state index in [9.17, 15) is 9.90 Å². The summed E-state index contributed by atoms with van der Waals surface area (Å²) in [7, 11) is 0. The Morgan fingerprint density at radius 3 is 2.78 bits per heavy atom. The van der Waals surface area contributed by atoms with Crippen molar-refractivity contribution in [1.82, 2.24) is 16.0 Å². The van der Waals surface area contributed by atoms with Crippen LogP contribution < -0.4 is 16.0 Å². The summed E-state index contributed by atoms with van der Waals surface area (Å²) < 4.78 is 11.1. The summed E-state index contributed by atoms with van der Waals surface area (Å²) in [6, 6.07) is 11.0. The minimum absolute atomic E-state index is 0.110. The van der Waals surface area contributed by atoms with Gasteiger partial charge in [0, 0.05) is 25.3 Å². The normalized spacial score (nSPS) is 18.2. The number of rotatable bonds is 9. The summed E-state index contributed by atoms with van der Waals surface area (Å²) in [4.78, 5) is 17.1. The number of hydrogen-bond donors (Lipinski definition) is 4. The van der Waals surface area contributed by atoms with Gasteiger partial charge < -0.3 is 30.2 Å². The number of furan rings is 1. The predicted molar refractivity (Wildman–Crippen MR) is 124 cm³/mol. The second kappa shape index (κ2) is 11.2. The molecule has 8 nitrogen and oxygen atoms in total. The number of nitrogens with one attached hydrogen (secondary N) is 3. The number of carbonyl (C=O) groups excluding carboxylic acids is 1. The molecule has 2 atom stereocenters. The van der Waals surface area contributed by atoms with E-state index in [1.165, 1.54) is 0 Å². The van der Waals surface area contributed by atoms with Gasteiger partial charge in [-0.2, -0.15) is 0 Å². The van der Waals surface area contributed by atoms with Crippen molar-refractivity contribution >= 4 is 11.9 Å². The van der Waals surface area contributed by atoms with Crippen molar-refractivity contribution in [2.75, 3.05) is 26.2 Å². The summed E-state index contributed by atoms with van der Waals surface area (Å²) in [5.41, 5.74) is 0.344. The highest BCUT2D eigenvalue weighted by atomic mass is 16.5. The molecule has 1 fully saturated rings. The maximum Gasteiger partial charge on any atom is 0.251 e. The van der Waals surface area contributed by atoms with Crippen LogP contribution in [0.15, 0.2) is 45.8 Å². The molecule has 0 bridgehead atoms. The number of ether oxygens (including phenoxy) is 1. The highest BCUT2D eigenvalue weighted by Gasteiger charge is 2.27. The third kappa shape index (κ3) is 6.83. The average molecular weight is 443 g/mol. The fourth-order valence-electron chi connectivity index (χ4n) is 3.50. The third-order valence-electron chi connectivity index (χ3n) is 5.34. The first kappa shape index (κ1) is 23.8. The van der Waals surface area contributed by atoms with Crippen LogP contribution >= 0.6 is 0 Å². The first-order valence-corrected chi connectivity index (χ1v) is 11.2. The molecule has 32 heavy (non-hydrogen) atoms. The molecule has 0 radical (unpaired) electrons. The molecule has 4 N–H and O–H groups in total. The minimum Gasteiger partial charge on any atom is -0.463 e. The van der Waals surface area contributed by atoms with E-state index in [2.05, 4.69) is 20.9 Å². The summed E-state index contributed by atoms with van der Waals surface area (Å²) in [6.45, 7) is 8.12. The highest BCUT2D eigenvalue weighted by Crippen LogP contribution is 2.21. The number of amides is 1. The van der Waals surface area contributed by atoms with Gasteiger partial charge in [-0.1, -0.05) is 12.1 Å². The van der Waals surface area contributed by atoms with E-state index in [1.54, 1.807) is 19.1 Å². The number of guanidine groups is 1. The molecule has 3 rings (SSSR count). The van der Waals surface area contributed by atoms with Gasteiger partial charge in [0.2, 0.25) is 0 Å². The van der Waals surface area contributed by atoms with Crippen molar-refractivity contribution in [2.45, 2.75) is 51.9 Å². The second-order valence-corrected chi connectivity index (χ2v) is 8.28. The van der Waals surface area contributed by atoms with E-state index in [4.69, 9.17) is 9.15 Å². The van der Waals surface area contributed by atoms with Crippen molar-refractivity contribution in [3.63, 3.8) is 0 Å². The van der Waals surface area contributed by atoms with Crippen molar-refractivity contribution in [3.05, 3.63) is 59.0 Å². The highest BCUT2D eigenvalue weighted by molar-refractivity contribution is 5.94. The topological polar surface area (TPSA) is 108 Å². The molecule has 2 heterocycles. The average Bonchev–Trinajstić information content (AvgIpc) is 3.46. The standard InChI is InChI=1S/C24H34N4O4/c1-4-25-23(28-16-24(3,30)21-11-10-17(2)32-21)27-14-18-7-5-8-19(13-18)22(29)26-15-20-9-6-12-31-20/h5,7-8,10-11,13,20,30H,4,6,9,12,14-16H2,1-3H3,(H,26,29)(H2,25,27,28). The van der Waals surface area contributed by atoms with Crippen LogP contribution in [-0.4, -0.2) is 49.3 Å². The quantitative estimate of drug-likeness (QED) is 0.351. The lowest BCUT2D eigenvalue weighted by molar-refractivity contribution is 0.0378. The molecule has 1 aliphatic rings. The molecule has 2 unspecified atom stereocenters. The predicted octanol–water partition coefficient (Wildman–Crippen LogP) is 2.46. The van der Waals surface area contributed by atoms with Crippen LogP contribution in [0.25, 0.3) is 0 Å². The van der Waals surface area contributed by atoms with E-state index < -0.39 is 5.60 Å². The molecule has 2 aromatic rings. The Labute approximate surface area is 189 Å². The van der Waals surface area contributed by atoms with E-state index in [-0.39, 0.29) is 18.6 Å². The van der Waals surface area contributed by atoms with Crippen LogP contribution in [0.1, 0.15) is 54.1 Å². The van der Waals surface area contributed by atoms with E-state index >= 15 is 0 Å². The molecule has 8 heteroatoms. The number of hydrogen-bond acceptors (Lipinski definition) is 5. The Hall–Kier alpha value is -2.84.